The van der Waals surface area contributed by atoms with Crippen LogP contribution in [0.4, 0.5) is 0 Å². The normalized spacial score (nSPS) is 13.9. The molecule has 6 heteroatoms. The van der Waals surface area contributed by atoms with Crippen molar-refractivity contribution in [2.45, 2.75) is 40.7 Å². The Morgan fingerprint density at radius 1 is 1.47 bits per heavy atom. The van der Waals surface area contributed by atoms with E-state index in [4.69, 9.17) is 5.11 Å². The van der Waals surface area contributed by atoms with Crippen LogP contribution in [0.2, 0.25) is 0 Å². The zero-order chi connectivity index (χ0) is 14.6. The molecule has 6 nitrogen and oxygen atoms in total. The maximum Gasteiger partial charge on any atom is 0.311 e. The number of carbonyl (C=O) groups excluding carboxylic acids is 1. The average Bonchev–Trinajstić information content (AvgIpc) is 2.76. The van der Waals surface area contributed by atoms with Gasteiger partial charge in [-0.15, -0.1) is 0 Å². The van der Waals surface area contributed by atoms with Crippen molar-refractivity contribution in [3.63, 3.8) is 0 Å². The first-order valence-electron chi connectivity index (χ1n) is 6.40. The van der Waals surface area contributed by atoms with Crippen molar-refractivity contribution >= 4 is 11.9 Å². The molecular formula is C13H21N3O3. The first-order chi connectivity index (χ1) is 8.84. The third-order valence-corrected chi connectivity index (χ3v) is 3.37. The summed E-state index contributed by atoms with van der Waals surface area (Å²) in [6, 6.07) is 1.70. The van der Waals surface area contributed by atoms with Crippen molar-refractivity contribution in [1.82, 2.24) is 15.1 Å². The fraction of sp³-hybridized carbons (Fsp3) is 0.615. The summed E-state index contributed by atoms with van der Waals surface area (Å²) in [5, 5.41) is 16.0. The van der Waals surface area contributed by atoms with Crippen LogP contribution in [0.1, 0.15) is 43.4 Å². The van der Waals surface area contributed by atoms with Gasteiger partial charge in [-0.25, -0.2) is 0 Å². The van der Waals surface area contributed by atoms with Crippen LogP contribution in [-0.2, 0) is 11.3 Å². The van der Waals surface area contributed by atoms with E-state index in [0.29, 0.717) is 18.7 Å². The molecule has 1 aromatic heterocycles. The Labute approximate surface area is 112 Å². The van der Waals surface area contributed by atoms with Gasteiger partial charge in [0.25, 0.3) is 5.91 Å². The minimum absolute atomic E-state index is 0.103. The van der Waals surface area contributed by atoms with Gasteiger partial charge in [0, 0.05) is 13.1 Å². The molecule has 0 bridgehead atoms. The van der Waals surface area contributed by atoms with Crippen LogP contribution >= 0.6 is 0 Å². The summed E-state index contributed by atoms with van der Waals surface area (Å²) in [6.45, 7) is 7.83. The Kier molecular flexibility index (Phi) is 4.69. The van der Waals surface area contributed by atoms with Gasteiger partial charge in [-0.05, 0) is 33.3 Å². The molecule has 0 saturated carbocycles. The van der Waals surface area contributed by atoms with Gasteiger partial charge in [-0.1, -0.05) is 6.92 Å². The van der Waals surface area contributed by atoms with Crippen molar-refractivity contribution in [3.05, 3.63) is 17.5 Å². The maximum atomic E-state index is 12.1. The second-order valence-corrected chi connectivity index (χ2v) is 4.89. The number of aromatic nitrogens is 2. The molecule has 0 saturated heterocycles. The van der Waals surface area contributed by atoms with Gasteiger partial charge in [-0.2, -0.15) is 5.10 Å². The number of rotatable bonds is 6. The molecule has 2 N–H and O–H groups in total. The Bertz CT molecular complexity index is 481. The van der Waals surface area contributed by atoms with E-state index in [1.165, 1.54) is 0 Å². The number of hydrogen-bond donors (Lipinski definition) is 2. The van der Waals surface area contributed by atoms with E-state index < -0.39 is 11.4 Å². The van der Waals surface area contributed by atoms with Crippen molar-refractivity contribution in [2.75, 3.05) is 6.54 Å². The van der Waals surface area contributed by atoms with Crippen molar-refractivity contribution in [3.8, 4) is 0 Å². The van der Waals surface area contributed by atoms with Crippen molar-refractivity contribution in [1.29, 1.82) is 0 Å². The summed E-state index contributed by atoms with van der Waals surface area (Å²) in [7, 11) is 0. The Hall–Kier alpha value is -1.85. The highest BCUT2D eigenvalue weighted by Crippen LogP contribution is 2.20. The smallest absolute Gasteiger partial charge is 0.311 e. The molecule has 1 rings (SSSR count). The third-order valence-electron chi connectivity index (χ3n) is 3.37. The van der Waals surface area contributed by atoms with Crippen molar-refractivity contribution < 1.29 is 14.7 Å². The minimum atomic E-state index is -0.943. The van der Waals surface area contributed by atoms with Crippen LogP contribution in [0.25, 0.3) is 0 Å². The lowest BCUT2D eigenvalue weighted by molar-refractivity contribution is -0.147. The summed E-state index contributed by atoms with van der Waals surface area (Å²) in [4.78, 5) is 23.2. The van der Waals surface area contributed by atoms with Crippen LogP contribution in [0.3, 0.4) is 0 Å². The Morgan fingerprint density at radius 2 is 2.11 bits per heavy atom. The SMILES string of the molecule is CCn1nc(C)cc1C(=O)NCC(C)(CC)C(=O)O. The van der Waals surface area contributed by atoms with Crippen LogP contribution in [0.5, 0.6) is 0 Å². The number of amides is 1. The molecule has 19 heavy (non-hydrogen) atoms. The van der Waals surface area contributed by atoms with Crippen LogP contribution in [0, 0.1) is 12.3 Å². The van der Waals surface area contributed by atoms with Gasteiger partial charge in [0.15, 0.2) is 0 Å². The highest BCUT2D eigenvalue weighted by molar-refractivity contribution is 5.93. The second-order valence-electron chi connectivity index (χ2n) is 4.89. The largest absolute Gasteiger partial charge is 0.481 e. The van der Waals surface area contributed by atoms with Gasteiger partial charge in [0.05, 0.1) is 11.1 Å². The summed E-state index contributed by atoms with van der Waals surface area (Å²) in [5.74, 6) is -1.20. The molecular weight excluding hydrogens is 246 g/mol. The predicted octanol–water partition coefficient (Wildman–Crippen LogP) is 1.44. The maximum absolute atomic E-state index is 12.1. The summed E-state index contributed by atoms with van der Waals surface area (Å²) in [5.41, 5.74) is 0.286. The topological polar surface area (TPSA) is 84.2 Å². The molecule has 0 spiro atoms. The fourth-order valence-corrected chi connectivity index (χ4v) is 1.69. The predicted molar refractivity (Wildman–Crippen MR) is 71.0 cm³/mol. The number of hydrogen-bond acceptors (Lipinski definition) is 3. The van der Waals surface area contributed by atoms with E-state index >= 15 is 0 Å². The lowest BCUT2D eigenvalue weighted by Gasteiger charge is -2.23. The summed E-state index contributed by atoms with van der Waals surface area (Å²) < 4.78 is 1.61. The number of nitrogens with zero attached hydrogens (tertiary/aromatic N) is 2. The molecule has 0 aliphatic carbocycles. The number of carboxylic acids is 1. The Morgan fingerprint density at radius 3 is 2.58 bits per heavy atom. The lowest BCUT2D eigenvalue weighted by atomic mass is 9.88. The molecule has 0 aliphatic rings. The van der Waals surface area contributed by atoms with Gasteiger partial charge in [0.1, 0.15) is 5.69 Å². The van der Waals surface area contributed by atoms with Gasteiger partial charge in [-0.3, -0.25) is 14.3 Å². The Balaban J connectivity index is 2.78. The van der Waals surface area contributed by atoms with Crippen LogP contribution in [0.15, 0.2) is 6.07 Å². The van der Waals surface area contributed by atoms with Crippen LogP contribution in [-0.4, -0.2) is 33.3 Å². The first kappa shape index (κ1) is 15.2. The van der Waals surface area contributed by atoms with Gasteiger partial charge >= 0.3 is 5.97 Å². The molecule has 1 heterocycles. The van der Waals surface area contributed by atoms with E-state index in [0.717, 1.165) is 5.69 Å². The molecule has 1 unspecified atom stereocenters. The van der Waals surface area contributed by atoms with E-state index in [1.54, 1.807) is 24.6 Å². The molecule has 0 radical (unpaired) electrons. The molecule has 1 amide bonds. The number of carboxylic acid groups (broad SMARTS) is 1. The number of aryl methyl sites for hydroxylation is 2. The van der Waals surface area contributed by atoms with E-state index in [2.05, 4.69) is 10.4 Å². The van der Waals surface area contributed by atoms with E-state index in [1.807, 2.05) is 13.8 Å². The third kappa shape index (κ3) is 3.33. The zero-order valence-corrected chi connectivity index (χ0v) is 11.9. The first-order valence-corrected chi connectivity index (χ1v) is 6.40. The lowest BCUT2D eigenvalue weighted by Crippen LogP contribution is -2.41. The standard InChI is InChI=1S/C13H21N3O3/c1-5-13(4,12(18)19)8-14-11(17)10-7-9(3)15-16(10)6-2/h7H,5-6,8H2,1-4H3,(H,14,17)(H,18,19). The molecule has 106 valence electrons. The summed E-state index contributed by atoms with van der Waals surface area (Å²) in [6.07, 6.45) is 0.453. The highest BCUT2D eigenvalue weighted by Gasteiger charge is 2.31. The van der Waals surface area contributed by atoms with Gasteiger partial charge < -0.3 is 10.4 Å². The monoisotopic (exact) mass is 267 g/mol. The highest BCUT2D eigenvalue weighted by atomic mass is 16.4. The van der Waals surface area contributed by atoms with E-state index in [-0.39, 0.29) is 12.5 Å². The van der Waals surface area contributed by atoms with Crippen molar-refractivity contribution in [2.24, 2.45) is 5.41 Å². The summed E-state index contributed by atoms with van der Waals surface area (Å²) >= 11 is 0. The second kappa shape index (κ2) is 5.86. The quantitative estimate of drug-likeness (QED) is 0.817. The molecule has 0 fully saturated rings. The van der Waals surface area contributed by atoms with Crippen LogP contribution < -0.4 is 5.32 Å². The molecule has 1 atom stereocenters. The number of carbonyl (C=O) groups is 2. The van der Waals surface area contributed by atoms with E-state index in [9.17, 15) is 9.59 Å². The fourth-order valence-electron chi connectivity index (χ4n) is 1.69. The minimum Gasteiger partial charge on any atom is -0.481 e. The molecule has 1 aromatic rings. The van der Waals surface area contributed by atoms with Gasteiger partial charge in [0.2, 0.25) is 0 Å². The average molecular weight is 267 g/mol. The molecule has 0 aromatic carbocycles. The molecule has 0 aliphatic heterocycles. The number of nitrogens with one attached hydrogen (secondary N) is 1. The number of aliphatic carboxylic acids is 1. The zero-order valence-electron chi connectivity index (χ0n) is 11.9.